The first-order valence-corrected chi connectivity index (χ1v) is 8.31. The number of ether oxygens (including phenoxy) is 1. The molecule has 0 saturated carbocycles. The number of benzene rings is 2. The maximum absolute atomic E-state index is 13.2. The van der Waals surface area contributed by atoms with Gasteiger partial charge in [-0.15, -0.1) is 0 Å². The van der Waals surface area contributed by atoms with E-state index in [1.165, 1.54) is 4.68 Å². The van der Waals surface area contributed by atoms with Gasteiger partial charge in [-0.05, 0) is 44.2 Å². The second-order valence-electron chi connectivity index (χ2n) is 5.99. The maximum atomic E-state index is 13.2. The molecule has 25 heavy (non-hydrogen) atoms. The van der Waals surface area contributed by atoms with Crippen LogP contribution in [0, 0.1) is 6.92 Å². The number of aryl methyl sites for hydroxylation is 2. The summed E-state index contributed by atoms with van der Waals surface area (Å²) in [6, 6.07) is 15.4. The Labute approximate surface area is 145 Å². The summed E-state index contributed by atoms with van der Waals surface area (Å²) in [4.78, 5) is 13.2. The summed E-state index contributed by atoms with van der Waals surface area (Å²) in [7, 11) is 1.62. The van der Waals surface area contributed by atoms with Crippen LogP contribution in [0.25, 0.3) is 27.5 Å². The monoisotopic (exact) mass is 333 g/mol. The van der Waals surface area contributed by atoms with Crippen LogP contribution >= 0.6 is 0 Å². The summed E-state index contributed by atoms with van der Waals surface area (Å²) < 4.78 is 8.74. The number of methoxy groups -OCH3 is 1. The van der Waals surface area contributed by atoms with Crippen LogP contribution in [0.1, 0.15) is 12.6 Å². The van der Waals surface area contributed by atoms with E-state index in [0.29, 0.717) is 5.52 Å². The molecular formula is C20H19N3O2. The first kappa shape index (κ1) is 15.4. The molecule has 2 aromatic carbocycles. The molecule has 4 aromatic rings. The second-order valence-corrected chi connectivity index (χ2v) is 5.99. The Hall–Kier alpha value is -3.08. The fourth-order valence-corrected chi connectivity index (χ4v) is 3.46. The van der Waals surface area contributed by atoms with Gasteiger partial charge in [0.1, 0.15) is 11.3 Å². The molecule has 0 aliphatic carbocycles. The number of nitrogens with zero attached hydrogens (tertiary/aromatic N) is 3. The summed E-state index contributed by atoms with van der Waals surface area (Å²) >= 11 is 0. The third-order valence-electron chi connectivity index (χ3n) is 4.61. The zero-order valence-electron chi connectivity index (χ0n) is 14.5. The van der Waals surface area contributed by atoms with E-state index in [0.717, 1.165) is 40.0 Å². The number of rotatable bonds is 3. The topological polar surface area (TPSA) is 49.0 Å². The lowest BCUT2D eigenvalue weighted by molar-refractivity contribution is 0.414. The highest BCUT2D eigenvalue weighted by atomic mass is 16.5. The van der Waals surface area contributed by atoms with E-state index in [-0.39, 0.29) is 5.56 Å². The molecule has 0 spiro atoms. The van der Waals surface area contributed by atoms with Crippen LogP contribution < -0.4 is 10.3 Å². The Bertz CT molecular complexity index is 1140. The number of aromatic nitrogens is 3. The van der Waals surface area contributed by atoms with Gasteiger partial charge in [0.2, 0.25) is 0 Å². The van der Waals surface area contributed by atoms with Gasteiger partial charge in [0, 0.05) is 22.8 Å². The van der Waals surface area contributed by atoms with Crippen molar-refractivity contribution < 1.29 is 4.74 Å². The quantitative estimate of drug-likeness (QED) is 0.575. The Balaban J connectivity index is 2.10. The predicted molar refractivity (Wildman–Crippen MR) is 99.8 cm³/mol. The summed E-state index contributed by atoms with van der Waals surface area (Å²) in [5.41, 5.74) is 3.22. The minimum absolute atomic E-state index is 0.108. The van der Waals surface area contributed by atoms with E-state index in [4.69, 9.17) is 4.74 Å². The Morgan fingerprint density at radius 1 is 1.08 bits per heavy atom. The molecule has 126 valence electrons. The van der Waals surface area contributed by atoms with Gasteiger partial charge in [0.05, 0.1) is 18.5 Å². The Morgan fingerprint density at radius 3 is 2.48 bits per heavy atom. The molecule has 0 amide bonds. The lowest BCUT2D eigenvalue weighted by Crippen LogP contribution is -2.24. The Kier molecular flexibility index (Phi) is 3.57. The van der Waals surface area contributed by atoms with Crippen LogP contribution in [0.5, 0.6) is 5.75 Å². The van der Waals surface area contributed by atoms with Crippen molar-refractivity contribution in [3.63, 3.8) is 0 Å². The number of para-hydroxylation sites is 1. The highest BCUT2D eigenvalue weighted by Crippen LogP contribution is 2.28. The molecule has 2 aromatic heterocycles. The molecule has 0 unspecified atom stereocenters. The van der Waals surface area contributed by atoms with Crippen molar-refractivity contribution in [3.8, 4) is 11.4 Å². The minimum atomic E-state index is -0.108. The summed E-state index contributed by atoms with van der Waals surface area (Å²) in [5, 5.41) is 6.58. The lowest BCUT2D eigenvalue weighted by atomic mass is 10.1. The first-order valence-electron chi connectivity index (χ1n) is 8.31. The summed E-state index contributed by atoms with van der Waals surface area (Å²) in [6.07, 6.45) is 0. The van der Waals surface area contributed by atoms with Crippen molar-refractivity contribution in [2.24, 2.45) is 0 Å². The van der Waals surface area contributed by atoms with E-state index in [9.17, 15) is 4.79 Å². The van der Waals surface area contributed by atoms with Crippen LogP contribution in [-0.2, 0) is 6.54 Å². The van der Waals surface area contributed by atoms with Gasteiger partial charge in [-0.25, -0.2) is 0 Å². The number of hydrogen-bond donors (Lipinski definition) is 0. The molecule has 0 saturated heterocycles. The molecule has 2 heterocycles. The maximum Gasteiger partial charge on any atom is 0.296 e. The molecular weight excluding hydrogens is 314 g/mol. The van der Waals surface area contributed by atoms with Crippen LogP contribution in [0.15, 0.2) is 53.3 Å². The van der Waals surface area contributed by atoms with Gasteiger partial charge in [0.15, 0.2) is 0 Å². The minimum Gasteiger partial charge on any atom is -0.497 e. The van der Waals surface area contributed by atoms with Gasteiger partial charge >= 0.3 is 0 Å². The summed E-state index contributed by atoms with van der Waals surface area (Å²) in [5.74, 6) is 0.747. The fourth-order valence-electron chi connectivity index (χ4n) is 3.46. The standard InChI is InChI=1S/C20H19N3O2/c1-4-22-17-8-6-5-7-16(17)18-13(2)21-23(20(24)19(18)22)14-9-11-15(25-3)12-10-14/h5-12H,4H2,1-3H3. The van der Waals surface area contributed by atoms with Gasteiger partial charge in [0.25, 0.3) is 5.56 Å². The van der Waals surface area contributed by atoms with Crippen molar-refractivity contribution >= 4 is 21.8 Å². The molecule has 0 aliphatic rings. The van der Waals surface area contributed by atoms with E-state index in [1.54, 1.807) is 7.11 Å². The van der Waals surface area contributed by atoms with Crippen molar-refractivity contribution in [1.82, 2.24) is 14.3 Å². The van der Waals surface area contributed by atoms with Crippen LogP contribution in [0.3, 0.4) is 0 Å². The zero-order valence-corrected chi connectivity index (χ0v) is 14.5. The lowest BCUT2D eigenvalue weighted by Gasteiger charge is -2.09. The van der Waals surface area contributed by atoms with E-state index >= 15 is 0 Å². The normalized spacial score (nSPS) is 11.3. The van der Waals surface area contributed by atoms with Gasteiger partial charge < -0.3 is 9.30 Å². The predicted octanol–water partition coefficient (Wildman–Crippen LogP) is 3.68. The van der Waals surface area contributed by atoms with E-state index in [2.05, 4.69) is 28.7 Å². The molecule has 5 nitrogen and oxygen atoms in total. The third-order valence-corrected chi connectivity index (χ3v) is 4.61. The highest BCUT2D eigenvalue weighted by molar-refractivity contribution is 6.08. The van der Waals surface area contributed by atoms with E-state index < -0.39 is 0 Å². The number of hydrogen-bond acceptors (Lipinski definition) is 3. The van der Waals surface area contributed by atoms with Crippen LogP contribution in [0.4, 0.5) is 0 Å². The summed E-state index contributed by atoms with van der Waals surface area (Å²) in [6.45, 7) is 4.73. The van der Waals surface area contributed by atoms with Gasteiger partial charge in [-0.1, -0.05) is 18.2 Å². The molecule has 4 rings (SSSR count). The average Bonchev–Trinajstić information content (AvgIpc) is 3.00. The SMILES string of the molecule is CCn1c2ccccc2c2c(C)nn(-c3ccc(OC)cc3)c(=O)c21. The fraction of sp³-hybridized carbons (Fsp3) is 0.200. The average molecular weight is 333 g/mol. The van der Waals surface area contributed by atoms with Gasteiger partial charge in [-0.3, -0.25) is 4.79 Å². The van der Waals surface area contributed by atoms with Crippen LogP contribution in [0.2, 0.25) is 0 Å². The molecule has 0 bridgehead atoms. The molecule has 0 N–H and O–H groups in total. The largest absolute Gasteiger partial charge is 0.497 e. The van der Waals surface area contributed by atoms with Crippen molar-refractivity contribution in [2.45, 2.75) is 20.4 Å². The van der Waals surface area contributed by atoms with Crippen LogP contribution in [-0.4, -0.2) is 21.5 Å². The molecule has 0 fully saturated rings. The van der Waals surface area contributed by atoms with Crippen molar-refractivity contribution in [3.05, 3.63) is 64.6 Å². The smallest absolute Gasteiger partial charge is 0.296 e. The van der Waals surface area contributed by atoms with Crippen molar-refractivity contribution in [1.29, 1.82) is 0 Å². The molecule has 0 atom stereocenters. The first-order chi connectivity index (χ1) is 12.2. The van der Waals surface area contributed by atoms with Crippen molar-refractivity contribution in [2.75, 3.05) is 7.11 Å². The third kappa shape index (κ3) is 2.23. The Morgan fingerprint density at radius 2 is 1.80 bits per heavy atom. The van der Waals surface area contributed by atoms with Gasteiger partial charge in [-0.2, -0.15) is 9.78 Å². The number of fused-ring (bicyclic) bond motifs is 3. The highest BCUT2D eigenvalue weighted by Gasteiger charge is 2.18. The molecule has 0 radical (unpaired) electrons. The van der Waals surface area contributed by atoms with E-state index in [1.807, 2.05) is 43.3 Å². The molecule has 5 heteroatoms. The molecule has 0 aliphatic heterocycles. The zero-order chi connectivity index (χ0) is 17.6. The second kappa shape index (κ2) is 5.77.